The Morgan fingerprint density at radius 2 is 1.80 bits per heavy atom. The molecule has 4 N–H and O–H groups in total. The Bertz CT molecular complexity index is 1260. The average Bonchev–Trinajstić information content (AvgIpc) is 3.85. The van der Waals surface area contributed by atoms with Crippen molar-refractivity contribution in [3.05, 3.63) is 47.3 Å². The Morgan fingerprint density at radius 1 is 1.10 bits per heavy atom. The first-order valence-corrected chi connectivity index (χ1v) is 13.8. The van der Waals surface area contributed by atoms with Crippen LogP contribution in [-0.2, 0) is 16.1 Å². The molecule has 12 heteroatoms. The molecule has 1 aliphatic heterocycles. The summed E-state index contributed by atoms with van der Waals surface area (Å²) in [5.41, 5.74) is 2.24. The summed E-state index contributed by atoms with van der Waals surface area (Å²) >= 11 is 0. The van der Waals surface area contributed by atoms with Gasteiger partial charge in [0.15, 0.2) is 0 Å². The van der Waals surface area contributed by atoms with Crippen LogP contribution in [-0.4, -0.2) is 52.8 Å². The molecule has 40 heavy (non-hydrogen) atoms. The predicted molar refractivity (Wildman–Crippen MR) is 141 cm³/mol. The Morgan fingerprint density at radius 3 is 2.42 bits per heavy atom. The molecule has 2 saturated carbocycles. The van der Waals surface area contributed by atoms with Crippen molar-refractivity contribution in [3.63, 3.8) is 0 Å². The summed E-state index contributed by atoms with van der Waals surface area (Å²) in [6.45, 7) is 3.10. The lowest BCUT2D eigenvalue weighted by atomic mass is 9.88. The van der Waals surface area contributed by atoms with Crippen molar-refractivity contribution in [1.29, 1.82) is 0 Å². The fourth-order valence-electron chi connectivity index (χ4n) is 5.75. The number of fused-ring (bicyclic) bond motifs is 1. The van der Waals surface area contributed by atoms with Crippen LogP contribution < -0.4 is 21.3 Å². The van der Waals surface area contributed by atoms with Gasteiger partial charge in [0.05, 0.1) is 5.92 Å². The lowest BCUT2D eigenvalue weighted by Gasteiger charge is -2.29. The van der Waals surface area contributed by atoms with E-state index in [1.807, 2.05) is 19.2 Å². The van der Waals surface area contributed by atoms with Gasteiger partial charge >= 0.3 is 6.18 Å². The summed E-state index contributed by atoms with van der Waals surface area (Å²) in [7, 11) is 0. The van der Waals surface area contributed by atoms with Crippen molar-refractivity contribution in [3.8, 4) is 0 Å². The van der Waals surface area contributed by atoms with Gasteiger partial charge in [-0.2, -0.15) is 18.3 Å². The van der Waals surface area contributed by atoms with Crippen LogP contribution in [0, 0.1) is 17.8 Å². The van der Waals surface area contributed by atoms with E-state index in [9.17, 15) is 27.6 Å². The third kappa shape index (κ3) is 6.48. The molecule has 3 aliphatic rings. The quantitative estimate of drug-likeness (QED) is 0.355. The van der Waals surface area contributed by atoms with Gasteiger partial charge in [0.2, 0.25) is 11.8 Å². The molecule has 2 atom stereocenters. The second-order valence-electron chi connectivity index (χ2n) is 11.4. The number of carbonyl (C=O) groups excluding carboxylic acids is 3. The van der Waals surface area contributed by atoms with Crippen molar-refractivity contribution in [2.75, 3.05) is 18.4 Å². The number of aromatic nitrogens is 2. The van der Waals surface area contributed by atoms with Gasteiger partial charge in [-0.25, -0.2) is 0 Å². The van der Waals surface area contributed by atoms with Crippen LogP contribution in [0.5, 0.6) is 0 Å². The summed E-state index contributed by atoms with van der Waals surface area (Å²) in [6, 6.07) is 5.97. The number of alkyl halides is 3. The number of anilines is 1. The van der Waals surface area contributed by atoms with E-state index in [0.717, 1.165) is 31.2 Å². The fourth-order valence-corrected chi connectivity index (χ4v) is 5.75. The third-order valence-corrected chi connectivity index (χ3v) is 7.91. The molecule has 0 saturated heterocycles. The zero-order chi connectivity index (χ0) is 28.6. The second kappa shape index (κ2) is 11.2. The SMILES string of the molecule is CC(C)n1nccc1C(=O)N[C@H](C(=O)Nc1ccc2c(c1)CNCC2C(=O)NCC(F)(F)F)C(C1CC1)C1CC1. The van der Waals surface area contributed by atoms with E-state index in [1.54, 1.807) is 35.1 Å². The third-order valence-electron chi connectivity index (χ3n) is 7.91. The molecular formula is C28H35F3N6O3. The number of amides is 3. The first-order chi connectivity index (χ1) is 19.0. The van der Waals surface area contributed by atoms with E-state index >= 15 is 0 Å². The minimum atomic E-state index is -4.49. The van der Waals surface area contributed by atoms with E-state index in [2.05, 4.69) is 21.0 Å². The molecule has 0 spiro atoms. The number of hydrogen-bond acceptors (Lipinski definition) is 5. The number of benzene rings is 1. The van der Waals surface area contributed by atoms with Gasteiger partial charge < -0.3 is 21.3 Å². The molecule has 2 aromatic rings. The molecular weight excluding hydrogens is 525 g/mol. The molecule has 0 bridgehead atoms. The number of nitrogens with one attached hydrogen (secondary N) is 4. The highest BCUT2D eigenvalue weighted by Crippen LogP contribution is 2.51. The number of nitrogens with zero attached hydrogens (tertiary/aromatic N) is 2. The smallest absolute Gasteiger partial charge is 0.346 e. The van der Waals surface area contributed by atoms with E-state index in [4.69, 9.17) is 0 Å². The number of carbonyl (C=O) groups is 3. The molecule has 1 aromatic carbocycles. The Labute approximate surface area is 230 Å². The highest BCUT2D eigenvalue weighted by molar-refractivity contribution is 6.01. The van der Waals surface area contributed by atoms with Crippen molar-refractivity contribution in [2.45, 2.75) is 70.3 Å². The number of hydrogen-bond donors (Lipinski definition) is 4. The second-order valence-corrected chi connectivity index (χ2v) is 11.4. The lowest BCUT2D eigenvalue weighted by Crippen LogP contribution is -2.50. The van der Waals surface area contributed by atoms with Gasteiger partial charge in [0.25, 0.3) is 5.91 Å². The van der Waals surface area contributed by atoms with Crippen molar-refractivity contribution >= 4 is 23.4 Å². The predicted octanol–water partition coefficient (Wildman–Crippen LogP) is 3.50. The average molecular weight is 561 g/mol. The van der Waals surface area contributed by atoms with Gasteiger partial charge in [-0.05, 0) is 86.6 Å². The fraction of sp³-hybridized carbons (Fsp3) is 0.571. The van der Waals surface area contributed by atoms with Crippen LogP contribution in [0.2, 0.25) is 0 Å². The molecule has 216 valence electrons. The normalized spacial score (nSPS) is 19.7. The Hall–Kier alpha value is -3.41. The standard InChI is InChI=1S/C28H35F3N6O3/c1-15(2)37-22(9-10-34-37)26(39)36-24(23(16-3-4-16)17-5-6-17)27(40)35-19-7-8-20-18(11-19)12-32-13-21(20)25(38)33-14-28(29,30)31/h7-11,15-17,21,23-24,32H,3-6,12-14H2,1-2H3,(H,33,38)(H,35,40)(H,36,39)/t21?,24-/m0/s1. The molecule has 0 radical (unpaired) electrons. The molecule has 2 aliphatic carbocycles. The van der Waals surface area contributed by atoms with Gasteiger partial charge in [-0.3, -0.25) is 19.1 Å². The topological polar surface area (TPSA) is 117 Å². The van der Waals surface area contributed by atoms with E-state index < -0.39 is 30.6 Å². The van der Waals surface area contributed by atoms with Crippen molar-refractivity contribution in [2.24, 2.45) is 17.8 Å². The Kier molecular flexibility index (Phi) is 7.89. The summed E-state index contributed by atoms with van der Waals surface area (Å²) in [4.78, 5) is 39.5. The van der Waals surface area contributed by atoms with Crippen molar-refractivity contribution in [1.82, 2.24) is 25.7 Å². The van der Waals surface area contributed by atoms with Crippen LogP contribution in [0.15, 0.2) is 30.5 Å². The van der Waals surface area contributed by atoms with Gasteiger partial charge in [0, 0.05) is 31.0 Å². The summed E-state index contributed by atoms with van der Waals surface area (Å²) in [5, 5.41) is 15.3. The highest BCUT2D eigenvalue weighted by Gasteiger charge is 2.48. The highest BCUT2D eigenvalue weighted by atomic mass is 19.4. The van der Waals surface area contributed by atoms with Crippen LogP contribution in [0.3, 0.4) is 0 Å². The first-order valence-electron chi connectivity index (χ1n) is 13.8. The van der Waals surface area contributed by atoms with Gasteiger partial charge in [-0.1, -0.05) is 6.07 Å². The van der Waals surface area contributed by atoms with E-state index in [0.29, 0.717) is 35.3 Å². The van der Waals surface area contributed by atoms with Crippen LogP contribution in [0.1, 0.15) is 73.1 Å². The number of rotatable bonds is 10. The molecule has 5 rings (SSSR count). The first kappa shape index (κ1) is 28.1. The molecule has 1 unspecified atom stereocenters. The van der Waals surface area contributed by atoms with Crippen LogP contribution in [0.4, 0.5) is 18.9 Å². The molecule has 2 heterocycles. The number of halogens is 3. The molecule has 9 nitrogen and oxygen atoms in total. The van der Waals surface area contributed by atoms with Gasteiger partial charge in [-0.15, -0.1) is 0 Å². The maximum absolute atomic E-state index is 13.7. The molecule has 2 fully saturated rings. The summed E-state index contributed by atoms with van der Waals surface area (Å²) in [6.07, 6.45) is 1.22. The zero-order valence-corrected chi connectivity index (χ0v) is 22.6. The van der Waals surface area contributed by atoms with Crippen LogP contribution in [0.25, 0.3) is 0 Å². The molecule has 1 aromatic heterocycles. The van der Waals surface area contributed by atoms with Gasteiger partial charge in [0.1, 0.15) is 18.3 Å². The largest absolute Gasteiger partial charge is 0.405 e. The van der Waals surface area contributed by atoms with E-state index in [1.165, 1.54) is 0 Å². The zero-order valence-electron chi connectivity index (χ0n) is 22.6. The minimum absolute atomic E-state index is 0.0193. The molecule has 3 amide bonds. The maximum atomic E-state index is 13.7. The minimum Gasteiger partial charge on any atom is -0.346 e. The van der Waals surface area contributed by atoms with Crippen LogP contribution >= 0.6 is 0 Å². The summed E-state index contributed by atoms with van der Waals surface area (Å²) in [5.74, 6) is -1.31. The Balaban J connectivity index is 1.33. The summed E-state index contributed by atoms with van der Waals surface area (Å²) < 4.78 is 39.4. The lowest BCUT2D eigenvalue weighted by molar-refractivity contribution is -0.139. The van der Waals surface area contributed by atoms with Crippen molar-refractivity contribution < 1.29 is 27.6 Å². The monoisotopic (exact) mass is 560 g/mol. The maximum Gasteiger partial charge on any atom is 0.405 e. The van der Waals surface area contributed by atoms with E-state index in [-0.39, 0.29) is 30.3 Å².